The molecule has 0 aliphatic rings. The molecule has 0 aliphatic carbocycles. The van der Waals surface area contributed by atoms with Crippen molar-refractivity contribution in [3.63, 3.8) is 0 Å². The standard InChI is InChI=1S/C9H22NO5P/c1-5-7-16(13,14-6-2)15-10(8(3)11)9(4)12/h8-9,11-12H,5-7H2,1-4H3. The molecule has 3 atom stereocenters. The fourth-order valence-electron chi connectivity index (χ4n) is 1.19. The maximum absolute atomic E-state index is 12.1. The summed E-state index contributed by atoms with van der Waals surface area (Å²) in [4.78, 5) is 0. The Hall–Kier alpha value is 0.0300. The minimum Gasteiger partial charge on any atom is -0.376 e. The molecule has 0 aromatic carbocycles. The number of hydrogen-bond acceptors (Lipinski definition) is 6. The lowest BCUT2D eigenvalue weighted by molar-refractivity contribution is -0.240. The Morgan fingerprint density at radius 3 is 2.06 bits per heavy atom. The summed E-state index contributed by atoms with van der Waals surface area (Å²) in [5, 5.41) is 19.6. The van der Waals surface area contributed by atoms with Crippen LogP contribution in [0.15, 0.2) is 0 Å². The van der Waals surface area contributed by atoms with Gasteiger partial charge in [0.2, 0.25) is 0 Å². The maximum Gasteiger partial charge on any atom is 0.347 e. The summed E-state index contributed by atoms with van der Waals surface area (Å²) in [5.74, 6) is 0. The lowest BCUT2D eigenvalue weighted by Crippen LogP contribution is -2.39. The van der Waals surface area contributed by atoms with Crippen LogP contribution in [0.3, 0.4) is 0 Å². The summed E-state index contributed by atoms with van der Waals surface area (Å²) in [7, 11) is -3.28. The van der Waals surface area contributed by atoms with Gasteiger partial charge < -0.3 is 14.7 Å². The van der Waals surface area contributed by atoms with Crippen LogP contribution in [0.4, 0.5) is 0 Å². The average Bonchev–Trinajstić information content (AvgIpc) is 2.14. The zero-order chi connectivity index (χ0) is 12.8. The van der Waals surface area contributed by atoms with Gasteiger partial charge in [0.25, 0.3) is 0 Å². The van der Waals surface area contributed by atoms with Gasteiger partial charge in [-0.15, -0.1) is 5.06 Å². The minimum atomic E-state index is -3.28. The van der Waals surface area contributed by atoms with Gasteiger partial charge in [-0.25, -0.2) is 4.62 Å². The highest BCUT2D eigenvalue weighted by molar-refractivity contribution is 7.53. The van der Waals surface area contributed by atoms with Crippen LogP contribution in [0, 0.1) is 0 Å². The normalized spacial score (nSPS) is 19.4. The molecule has 0 amide bonds. The first kappa shape index (κ1) is 16.0. The van der Waals surface area contributed by atoms with Crippen LogP contribution in [-0.4, -0.2) is 40.5 Å². The van der Waals surface area contributed by atoms with E-state index < -0.39 is 20.1 Å². The van der Waals surface area contributed by atoms with Gasteiger partial charge in [-0.1, -0.05) is 6.92 Å². The second kappa shape index (κ2) is 7.37. The molecule has 0 aromatic heterocycles. The van der Waals surface area contributed by atoms with Crippen LogP contribution in [0.25, 0.3) is 0 Å². The van der Waals surface area contributed by atoms with Gasteiger partial charge in [0.1, 0.15) is 12.5 Å². The van der Waals surface area contributed by atoms with E-state index in [1.165, 1.54) is 13.8 Å². The largest absolute Gasteiger partial charge is 0.376 e. The predicted molar refractivity (Wildman–Crippen MR) is 60.7 cm³/mol. The van der Waals surface area contributed by atoms with E-state index in [1.807, 2.05) is 6.92 Å². The Morgan fingerprint density at radius 2 is 1.75 bits per heavy atom. The Balaban J connectivity index is 4.63. The van der Waals surface area contributed by atoms with E-state index in [2.05, 4.69) is 0 Å². The van der Waals surface area contributed by atoms with E-state index in [4.69, 9.17) is 9.15 Å². The Bertz CT molecular complexity index is 216. The van der Waals surface area contributed by atoms with Crippen LogP contribution in [0.1, 0.15) is 34.1 Å². The third-order valence-electron chi connectivity index (χ3n) is 1.78. The molecular formula is C9H22NO5P. The fraction of sp³-hybridized carbons (Fsp3) is 1.00. The van der Waals surface area contributed by atoms with Crippen molar-refractivity contribution in [3.8, 4) is 0 Å². The molecule has 0 radical (unpaired) electrons. The van der Waals surface area contributed by atoms with Crippen molar-refractivity contribution in [2.45, 2.75) is 46.6 Å². The second-order valence-electron chi connectivity index (χ2n) is 3.46. The van der Waals surface area contributed by atoms with Gasteiger partial charge in [-0.3, -0.25) is 4.57 Å². The van der Waals surface area contributed by atoms with E-state index in [9.17, 15) is 14.8 Å². The SMILES string of the molecule is CCCP(=O)(OCC)ON(C(C)O)C(C)O. The van der Waals surface area contributed by atoms with E-state index >= 15 is 0 Å². The zero-order valence-corrected chi connectivity index (χ0v) is 11.2. The van der Waals surface area contributed by atoms with Crippen LogP contribution >= 0.6 is 7.60 Å². The highest BCUT2D eigenvalue weighted by atomic mass is 31.2. The molecule has 0 bridgehead atoms. The number of nitrogens with zero attached hydrogens (tertiary/aromatic N) is 1. The molecule has 7 heteroatoms. The third kappa shape index (κ3) is 5.39. The van der Waals surface area contributed by atoms with Crippen molar-refractivity contribution in [2.24, 2.45) is 0 Å². The third-order valence-corrected chi connectivity index (χ3v) is 3.86. The highest BCUT2D eigenvalue weighted by Gasteiger charge is 2.30. The first-order valence-electron chi connectivity index (χ1n) is 5.44. The van der Waals surface area contributed by atoms with Crippen molar-refractivity contribution >= 4 is 7.60 Å². The lowest BCUT2D eigenvalue weighted by Gasteiger charge is -2.30. The second-order valence-corrected chi connectivity index (χ2v) is 5.55. The summed E-state index contributed by atoms with van der Waals surface area (Å²) in [6, 6.07) is 0. The monoisotopic (exact) mass is 255 g/mol. The molecule has 0 rings (SSSR count). The molecule has 0 heterocycles. The van der Waals surface area contributed by atoms with Gasteiger partial charge in [-0.05, 0) is 27.2 Å². The van der Waals surface area contributed by atoms with Gasteiger partial charge in [0.15, 0.2) is 0 Å². The Morgan fingerprint density at radius 1 is 1.25 bits per heavy atom. The van der Waals surface area contributed by atoms with Gasteiger partial charge in [0, 0.05) is 0 Å². The molecule has 0 aromatic rings. The Kier molecular flexibility index (Phi) is 7.39. The van der Waals surface area contributed by atoms with E-state index in [1.54, 1.807) is 6.92 Å². The lowest BCUT2D eigenvalue weighted by atomic mass is 10.5. The Labute approximate surface area is 96.7 Å². The average molecular weight is 255 g/mol. The van der Waals surface area contributed by atoms with Crippen LogP contribution < -0.4 is 0 Å². The van der Waals surface area contributed by atoms with Crippen LogP contribution in [0.5, 0.6) is 0 Å². The number of hydrogen-bond donors (Lipinski definition) is 2. The quantitative estimate of drug-likeness (QED) is 0.389. The molecule has 0 saturated carbocycles. The number of aliphatic hydroxyl groups excluding tert-OH is 2. The van der Waals surface area contributed by atoms with Crippen LogP contribution in [-0.2, 0) is 13.7 Å². The summed E-state index contributed by atoms with van der Waals surface area (Å²) in [6.45, 7) is 6.64. The summed E-state index contributed by atoms with van der Waals surface area (Å²) < 4.78 is 22.3. The first-order valence-corrected chi connectivity index (χ1v) is 7.16. The molecule has 0 fully saturated rings. The van der Waals surface area contributed by atoms with Crippen molar-refractivity contribution in [3.05, 3.63) is 0 Å². The molecule has 0 saturated heterocycles. The molecule has 0 spiro atoms. The van der Waals surface area contributed by atoms with E-state index in [0.29, 0.717) is 6.42 Å². The summed E-state index contributed by atoms with van der Waals surface area (Å²) in [6.07, 6.45) is -1.25. The highest BCUT2D eigenvalue weighted by Crippen LogP contribution is 2.49. The number of hydroxylamine groups is 2. The smallest absolute Gasteiger partial charge is 0.347 e. The van der Waals surface area contributed by atoms with Crippen molar-refractivity contribution in [1.82, 2.24) is 5.06 Å². The molecule has 98 valence electrons. The molecule has 0 aliphatic heterocycles. The number of aliphatic hydroxyl groups is 2. The van der Waals surface area contributed by atoms with E-state index in [0.717, 1.165) is 5.06 Å². The molecule has 2 N–H and O–H groups in total. The topological polar surface area (TPSA) is 79.2 Å². The fourth-order valence-corrected chi connectivity index (χ4v) is 2.95. The predicted octanol–water partition coefficient (Wildman–Crippen LogP) is 1.54. The summed E-state index contributed by atoms with van der Waals surface area (Å²) in [5.41, 5.74) is 0. The van der Waals surface area contributed by atoms with Gasteiger partial charge >= 0.3 is 7.60 Å². The molecule has 16 heavy (non-hydrogen) atoms. The van der Waals surface area contributed by atoms with E-state index in [-0.39, 0.29) is 12.8 Å². The molecule has 3 unspecified atom stereocenters. The van der Waals surface area contributed by atoms with Crippen molar-refractivity contribution in [1.29, 1.82) is 0 Å². The first-order chi connectivity index (χ1) is 7.36. The van der Waals surface area contributed by atoms with Gasteiger partial charge in [-0.2, -0.15) is 0 Å². The maximum atomic E-state index is 12.1. The zero-order valence-electron chi connectivity index (χ0n) is 10.3. The van der Waals surface area contributed by atoms with Gasteiger partial charge in [0.05, 0.1) is 12.8 Å². The number of rotatable bonds is 8. The molecular weight excluding hydrogens is 233 g/mol. The van der Waals surface area contributed by atoms with Crippen molar-refractivity contribution in [2.75, 3.05) is 12.8 Å². The summed E-state index contributed by atoms with van der Waals surface area (Å²) >= 11 is 0. The minimum absolute atomic E-state index is 0.247. The van der Waals surface area contributed by atoms with Crippen molar-refractivity contribution < 1.29 is 23.9 Å². The molecule has 6 nitrogen and oxygen atoms in total. The van der Waals surface area contributed by atoms with Crippen LogP contribution in [0.2, 0.25) is 0 Å².